The first-order valence-corrected chi connectivity index (χ1v) is 7.14. The van der Waals surface area contributed by atoms with Crippen molar-refractivity contribution in [1.82, 2.24) is 0 Å². The predicted molar refractivity (Wildman–Crippen MR) is 89.2 cm³/mol. The van der Waals surface area contributed by atoms with Crippen LogP contribution in [0.5, 0.6) is 23.0 Å². The van der Waals surface area contributed by atoms with Crippen molar-refractivity contribution >= 4 is 11.0 Å². The summed E-state index contributed by atoms with van der Waals surface area (Å²) < 4.78 is 21.4. The van der Waals surface area contributed by atoms with Crippen LogP contribution in [-0.4, -0.2) is 26.4 Å². The second kappa shape index (κ2) is 6.16. The lowest BCUT2D eigenvalue weighted by atomic mass is 10.1. The normalized spacial score (nSPS) is 10.6. The van der Waals surface area contributed by atoms with Crippen LogP contribution in [0.4, 0.5) is 0 Å². The summed E-state index contributed by atoms with van der Waals surface area (Å²) in [6, 6.07) is 9.30. The monoisotopic (exact) mass is 328 g/mol. The van der Waals surface area contributed by atoms with Crippen molar-refractivity contribution in [2.45, 2.75) is 0 Å². The van der Waals surface area contributed by atoms with Gasteiger partial charge in [-0.1, -0.05) is 0 Å². The second-order valence-electron chi connectivity index (χ2n) is 5.06. The fourth-order valence-electron chi connectivity index (χ4n) is 2.46. The molecule has 0 aliphatic carbocycles. The summed E-state index contributed by atoms with van der Waals surface area (Å²) in [5.74, 6) is 1.58. The zero-order valence-corrected chi connectivity index (χ0v) is 13.5. The molecule has 0 spiro atoms. The number of methoxy groups -OCH3 is 3. The minimum Gasteiger partial charge on any atom is -0.504 e. The van der Waals surface area contributed by atoms with Gasteiger partial charge in [-0.25, -0.2) is 0 Å². The van der Waals surface area contributed by atoms with Crippen LogP contribution in [-0.2, 0) is 0 Å². The van der Waals surface area contributed by atoms with Crippen LogP contribution >= 0.6 is 0 Å². The van der Waals surface area contributed by atoms with E-state index in [-0.39, 0.29) is 11.2 Å². The van der Waals surface area contributed by atoms with E-state index < -0.39 is 0 Å². The maximum atomic E-state index is 12.4. The SMILES string of the molecule is COc1cc(-c2cc(=O)c3cc(OC)c(OC)cc3o2)ccc1O. The van der Waals surface area contributed by atoms with Gasteiger partial charge in [-0.3, -0.25) is 4.79 Å². The molecule has 0 bridgehead atoms. The van der Waals surface area contributed by atoms with E-state index in [0.717, 1.165) is 0 Å². The highest BCUT2D eigenvalue weighted by Gasteiger charge is 2.13. The molecule has 6 heteroatoms. The van der Waals surface area contributed by atoms with Crippen molar-refractivity contribution < 1.29 is 23.7 Å². The Morgan fingerprint density at radius 3 is 2.21 bits per heavy atom. The molecular formula is C18H16O6. The van der Waals surface area contributed by atoms with E-state index in [1.165, 1.54) is 33.5 Å². The molecule has 2 aromatic carbocycles. The first kappa shape index (κ1) is 15.7. The molecule has 0 aliphatic heterocycles. The Bertz CT molecular complexity index is 958. The number of phenols is 1. The molecule has 0 amide bonds. The Labute approximate surface area is 137 Å². The number of ether oxygens (including phenoxy) is 3. The van der Waals surface area contributed by atoms with Gasteiger partial charge in [0.1, 0.15) is 11.3 Å². The topological polar surface area (TPSA) is 78.1 Å². The van der Waals surface area contributed by atoms with Gasteiger partial charge in [-0.2, -0.15) is 0 Å². The van der Waals surface area contributed by atoms with Crippen molar-refractivity contribution in [3.63, 3.8) is 0 Å². The zero-order chi connectivity index (χ0) is 17.3. The summed E-state index contributed by atoms with van der Waals surface area (Å²) in [6.07, 6.45) is 0. The number of hydrogen-bond donors (Lipinski definition) is 1. The largest absolute Gasteiger partial charge is 0.504 e. The van der Waals surface area contributed by atoms with Crippen LogP contribution in [0.3, 0.4) is 0 Å². The summed E-state index contributed by atoms with van der Waals surface area (Å²) >= 11 is 0. The van der Waals surface area contributed by atoms with Gasteiger partial charge in [0, 0.05) is 17.7 Å². The fraction of sp³-hybridized carbons (Fsp3) is 0.167. The van der Waals surface area contributed by atoms with Crippen molar-refractivity contribution in [3.05, 3.63) is 46.6 Å². The lowest BCUT2D eigenvalue weighted by molar-refractivity contribution is 0.355. The first-order chi connectivity index (χ1) is 11.6. The highest BCUT2D eigenvalue weighted by molar-refractivity contribution is 5.82. The summed E-state index contributed by atoms with van der Waals surface area (Å²) in [7, 11) is 4.46. The van der Waals surface area contributed by atoms with Crippen molar-refractivity contribution in [2.24, 2.45) is 0 Å². The Hall–Kier alpha value is -3.15. The highest BCUT2D eigenvalue weighted by atomic mass is 16.5. The molecular weight excluding hydrogens is 312 g/mol. The van der Waals surface area contributed by atoms with Crippen LogP contribution < -0.4 is 19.6 Å². The van der Waals surface area contributed by atoms with Gasteiger partial charge in [0.15, 0.2) is 28.4 Å². The number of hydrogen-bond acceptors (Lipinski definition) is 6. The number of fused-ring (bicyclic) bond motifs is 1. The van der Waals surface area contributed by atoms with Crippen LogP contribution in [0.15, 0.2) is 45.6 Å². The standard InChI is InChI=1S/C18H16O6/c1-21-16-6-10(4-5-12(16)19)14-8-13(20)11-7-17(22-2)18(23-3)9-15(11)24-14/h4-9,19H,1-3H3. The van der Waals surface area contributed by atoms with Crippen LogP contribution in [0.2, 0.25) is 0 Å². The summed E-state index contributed by atoms with van der Waals surface area (Å²) in [5.41, 5.74) is 0.778. The van der Waals surface area contributed by atoms with Crippen molar-refractivity contribution in [1.29, 1.82) is 0 Å². The maximum absolute atomic E-state index is 12.4. The van der Waals surface area contributed by atoms with Gasteiger partial charge in [-0.15, -0.1) is 0 Å². The minimum absolute atomic E-state index is 0.00999. The molecule has 0 radical (unpaired) electrons. The number of aromatic hydroxyl groups is 1. The van der Waals surface area contributed by atoms with Crippen molar-refractivity contribution in [3.8, 4) is 34.3 Å². The van der Waals surface area contributed by atoms with E-state index in [0.29, 0.717) is 39.5 Å². The smallest absolute Gasteiger partial charge is 0.193 e. The van der Waals surface area contributed by atoms with Crippen LogP contribution in [0.25, 0.3) is 22.3 Å². The van der Waals surface area contributed by atoms with E-state index in [1.807, 2.05) is 0 Å². The molecule has 1 N–H and O–H groups in total. The molecule has 0 saturated carbocycles. The highest BCUT2D eigenvalue weighted by Crippen LogP contribution is 2.34. The van der Waals surface area contributed by atoms with Gasteiger partial charge in [0.2, 0.25) is 0 Å². The molecule has 6 nitrogen and oxygen atoms in total. The van der Waals surface area contributed by atoms with Gasteiger partial charge in [-0.05, 0) is 24.3 Å². The molecule has 0 aliphatic rings. The summed E-state index contributed by atoms with van der Waals surface area (Å²) in [6.45, 7) is 0. The van der Waals surface area contributed by atoms with Crippen molar-refractivity contribution in [2.75, 3.05) is 21.3 Å². The molecule has 0 unspecified atom stereocenters. The van der Waals surface area contributed by atoms with Crippen LogP contribution in [0, 0.1) is 0 Å². The summed E-state index contributed by atoms with van der Waals surface area (Å²) in [4.78, 5) is 12.4. The quantitative estimate of drug-likeness (QED) is 0.792. The number of phenolic OH excluding ortho intramolecular Hbond substituents is 1. The second-order valence-corrected chi connectivity index (χ2v) is 5.06. The third kappa shape index (κ3) is 2.62. The van der Waals surface area contributed by atoms with E-state index >= 15 is 0 Å². The van der Waals surface area contributed by atoms with Gasteiger partial charge in [0.05, 0.1) is 26.7 Å². The number of benzene rings is 2. The van der Waals surface area contributed by atoms with Gasteiger partial charge < -0.3 is 23.7 Å². The van der Waals surface area contributed by atoms with E-state index in [4.69, 9.17) is 18.6 Å². The Morgan fingerprint density at radius 2 is 1.54 bits per heavy atom. The fourth-order valence-corrected chi connectivity index (χ4v) is 2.46. The predicted octanol–water partition coefficient (Wildman–Crippen LogP) is 3.19. The average molecular weight is 328 g/mol. The molecule has 1 aromatic heterocycles. The molecule has 0 saturated heterocycles. The average Bonchev–Trinajstić information content (AvgIpc) is 2.60. The molecule has 124 valence electrons. The van der Waals surface area contributed by atoms with E-state index in [9.17, 15) is 9.90 Å². The van der Waals surface area contributed by atoms with Crippen LogP contribution in [0.1, 0.15) is 0 Å². The van der Waals surface area contributed by atoms with E-state index in [1.54, 1.807) is 24.3 Å². The van der Waals surface area contributed by atoms with E-state index in [2.05, 4.69) is 0 Å². The molecule has 3 aromatic rings. The molecule has 1 heterocycles. The maximum Gasteiger partial charge on any atom is 0.193 e. The molecule has 24 heavy (non-hydrogen) atoms. The van der Waals surface area contributed by atoms with Gasteiger partial charge >= 0.3 is 0 Å². The first-order valence-electron chi connectivity index (χ1n) is 7.14. The third-order valence-electron chi connectivity index (χ3n) is 3.70. The minimum atomic E-state index is -0.209. The lowest BCUT2D eigenvalue weighted by Crippen LogP contribution is -2.02. The van der Waals surface area contributed by atoms with Gasteiger partial charge in [0.25, 0.3) is 0 Å². The third-order valence-corrected chi connectivity index (χ3v) is 3.70. The Balaban J connectivity index is 2.22. The summed E-state index contributed by atoms with van der Waals surface area (Å²) in [5, 5.41) is 10.1. The molecule has 0 atom stereocenters. The number of rotatable bonds is 4. The molecule has 0 fully saturated rings. The lowest BCUT2D eigenvalue weighted by Gasteiger charge is -2.10. The Kier molecular flexibility index (Phi) is 4.04. The zero-order valence-electron chi connectivity index (χ0n) is 13.5. The molecule has 3 rings (SSSR count). The Morgan fingerprint density at radius 1 is 0.875 bits per heavy atom.